The number of hydrogen-bond donors (Lipinski definition) is 3. The minimum Gasteiger partial charge on any atom is -0.491 e. The number of rotatable bonds is 9. The van der Waals surface area contributed by atoms with Crippen molar-refractivity contribution in [3.8, 4) is 5.75 Å². The van der Waals surface area contributed by atoms with E-state index in [2.05, 4.69) is 25.8 Å². The van der Waals surface area contributed by atoms with Crippen molar-refractivity contribution < 1.29 is 13.9 Å². The Morgan fingerprint density at radius 3 is 2.60 bits per heavy atom. The average molecular weight is 535 g/mol. The zero-order chi connectivity index (χ0) is 21.1. The number of halogens is 2. The fourth-order valence-corrected chi connectivity index (χ4v) is 3.26. The molecule has 0 aliphatic carbocycles. The highest BCUT2D eigenvalue weighted by molar-refractivity contribution is 14.0. The van der Waals surface area contributed by atoms with E-state index < -0.39 is 0 Å². The molecule has 0 spiro atoms. The van der Waals surface area contributed by atoms with Gasteiger partial charge in [-0.15, -0.1) is 24.0 Å². The molecular formula is C21H35FIN5O2. The van der Waals surface area contributed by atoms with Crippen LogP contribution in [0.2, 0.25) is 0 Å². The molecule has 7 nitrogen and oxygen atoms in total. The van der Waals surface area contributed by atoms with E-state index in [1.54, 1.807) is 13.1 Å². The van der Waals surface area contributed by atoms with Gasteiger partial charge in [0.2, 0.25) is 5.91 Å². The molecule has 0 radical (unpaired) electrons. The molecule has 0 bridgehead atoms. The minimum atomic E-state index is -0.357. The molecule has 0 unspecified atom stereocenters. The lowest BCUT2D eigenvalue weighted by molar-refractivity contribution is -0.122. The summed E-state index contributed by atoms with van der Waals surface area (Å²) in [7, 11) is 1.72. The smallest absolute Gasteiger partial charge is 0.234 e. The molecule has 1 fully saturated rings. The highest BCUT2D eigenvalue weighted by atomic mass is 127. The Bertz CT molecular complexity index is 681. The van der Waals surface area contributed by atoms with Gasteiger partial charge in [-0.05, 0) is 43.9 Å². The first kappa shape index (κ1) is 26.4. The molecule has 0 aromatic heterocycles. The topological polar surface area (TPSA) is 78.0 Å². The van der Waals surface area contributed by atoms with Crippen molar-refractivity contribution in [3.05, 3.63) is 29.6 Å². The third-order valence-corrected chi connectivity index (χ3v) is 4.85. The van der Waals surface area contributed by atoms with Gasteiger partial charge in [0, 0.05) is 39.3 Å². The molecule has 170 valence electrons. The van der Waals surface area contributed by atoms with E-state index >= 15 is 0 Å². The van der Waals surface area contributed by atoms with E-state index in [1.165, 1.54) is 6.07 Å². The van der Waals surface area contributed by atoms with Crippen molar-refractivity contribution in [3.63, 3.8) is 0 Å². The van der Waals surface area contributed by atoms with E-state index in [4.69, 9.17) is 4.74 Å². The van der Waals surface area contributed by atoms with Crippen molar-refractivity contribution in [2.75, 3.05) is 39.8 Å². The molecule has 1 aromatic rings. The van der Waals surface area contributed by atoms with E-state index in [-0.39, 0.29) is 41.5 Å². The van der Waals surface area contributed by atoms with Crippen molar-refractivity contribution in [1.29, 1.82) is 0 Å². The molecule has 3 N–H and O–H groups in total. The monoisotopic (exact) mass is 535 g/mol. The Balaban J connectivity index is 0.00000450. The maximum atomic E-state index is 14.0. The summed E-state index contributed by atoms with van der Waals surface area (Å²) in [5.41, 5.74) is 0.821. The van der Waals surface area contributed by atoms with Gasteiger partial charge >= 0.3 is 0 Å². The number of ether oxygens (including phenoxy) is 1. The second kappa shape index (κ2) is 14.4. The Morgan fingerprint density at radius 2 is 2.00 bits per heavy atom. The van der Waals surface area contributed by atoms with Crippen LogP contribution in [0.15, 0.2) is 23.2 Å². The van der Waals surface area contributed by atoms with Gasteiger partial charge in [-0.2, -0.15) is 0 Å². The number of nitrogens with zero attached hydrogens (tertiary/aromatic N) is 2. The fraction of sp³-hybridized carbons (Fsp3) is 0.619. The van der Waals surface area contributed by atoms with E-state index in [1.807, 2.05) is 19.9 Å². The summed E-state index contributed by atoms with van der Waals surface area (Å²) >= 11 is 0. The molecule has 0 atom stereocenters. The molecule has 2 rings (SSSR count). The summed E-state index contributed by atoms with van der Waals surface area (Å²) in [6, 6.07) is 5.27. The zero-order valence-corrected chi connectivity index (χ0v) is 20.5. The van der Waals surface area contributed by atoms with Crippen LogP contribution in [0, 0.1) is 5.82 Å². The van der Waals surface area contributed by atoms with Crippen LogP contribution in [0.3, 0.4) is 0 Å². The van der Waals surface area contributed by atoms with Gasteiger partial charge in [0.1, 0.15) is 0 Å². The Morgan fingerprint density at radius 1 is 1.27 bits per heavy atom. The first-order valence-electron chi connectivity index (χ1n) is 10.4. The second-order valence-corrected chi connectivity index (χ2v) is 7.17. The highest BCUT2D eigenvalue weighted by Gasteiger charge is 2.21. The molecule has 9 heteroatoms. The van der Waals surface area contributed by atoms with Gasteiger partial charge in [-0.1, -0.05) is 13.0 Å². The van der Waals surface area contributed by atoms with Crippen LogP contribution in [0.4, 0.5) is 4.39 Å². The van der Waals surface area contributed by atoms with Crippen LogP contribution in [-0.2, 0) is 11.3 Å². The van der Waals surface area contributed by atoms with Crippen LogP contribution in [0.5, 0.6) is 5.75 Å². The quantitative estimate of drug-likeness (QED) is 0.258. The van der Waals surface area contributed by atoms with E-state index in [9.17, 15) is 9.18 Å². The van der Waals surface area contributed by atoms with Crippen LogP contribution >= 0.6 is 24.0 Å². The van der Waals surface area contributed by atoms with Crippen LogP contribution in [-0.4, -0.2) is 62.6 Å². The van der Waals surface area contributed by atoms with E-state index in [0.717, 1.165) is 44.5 Å². The molecule has 1 saturated heterocycles. The van der Waals surface area contributed by atoms with Gasteiger partial charge in [0.15, 0.2) is 17.5 Å². The number of benzene rings is 1. The standard InChI is InChI=1S/C21H34FN5O2.HI/c1-4-10-24-20(28)15-27-11-8-17(9-12-27)26-21(23-3)25-14-16-6-7-19(29-5-2)18(22)13-16;/h6-7,13,17H,4-5,8-12,14-15H2,1-3H3,(H,24,28)(H2,23,25,26);1H. The second-order valence-electron chi connectivity index (χ2n) is 7.17. The maximum Gasteiger partial charge on any atom is 0.234 e. The van der Waals surface area contributed by atoms with Gasteiger partial charge in [0.25, 0.3) is 0 Å². The predicted molar refractivity (Wildman–Crippen MR) is 129 cm³/mol. The summed E-state index contributed by atoms with van der Waals surface area (Å²) < 4.78 is 19.2. The lowest BCUT2D eigenvalue weighted by Crippen LogP contribution is -2.50. The molecule has 1 aliphatic heterocycles. The van der Waals surface area contributed by atoms with Gasteiger partial charge < -0.3 is 20.7 Å². The number of carbonyl (C=O) groups excluding carboxylic acids is 1. The normalized spacial score (nSPS) is 15.3. The van der Waals surface area contributed by atoms with Gasteiger partial charge in [-0.3, -0.25) is 14.7 Å². The Labute approximate surface area is 196 Å². The largest absolute Gasteiger partial charge is 0.491 e. The SMILES string of the molecule is CCCNC(=O)CN1CCC(NC(=NC)NCc2ccc(OCC)c(F)c2)CC1.I. The number of nitrogens with one attached hydrogen (secondary N) is 3. The summed E-state index contributed by atoms with van der Waals surface area (Å²) in [5.74, 6) is 0.704. The fourth-order valence-electron chi connectivity index (χ4n) is 3.26. The first-order chi connectivity index (χ1) is 14.0. The summed E-state index contributed by atoms with van der Waals surface area (Å²) in [5, 5.41) is 9.57. The molecule has 0 saturated carbocycles. The Hall–Kier alpha value is -1.62. The van der Waals surface area contributed by atoms with Crippen LogP contribution < -0.4 is 20.7 Å². The third kappa shape index (κ3) is 9.03. The zero-order valence-electron chi connectivity index (χ0n) is 18.2. The molecule has 1 aliphatic rings. The number of likely N-dealkylation sites (tertiary alicyclic amines) is 1. The van der Waals surface area contributed by atoms with Crippen LogP contribution in [0.1, 0.15) is 38.7 Å². The van der Waals surface area contributed by atoms with Crippen molar-refractivity contribution in [2.24, 2.45) is 4.99 Å². The Kier molecular flexibility index (Phi) is 12.7. The third-order valence-electron chi connectivity index (χ3n) is 4.85. The number of guanidine groups is 1. The highest BCUT2D eigenvalue weighted by Crippen LogP contribution is 2.18. The molecular weight excluding hydrogens is 500 g/mol. The van der Waals surface area contributed by atoms with Crippen molar-refractivity contribution in [2.45, 2.75) is 45.7 Å². The molecule has 1 amide bonds. The average Bonchev–Trinajstić information content (AvgIpc) is 2.72. The lowest BCUT2D eigenvalue weighted by Gasteiger charge is -2.32. The number of amides is 1. The van der Waals surface area contributed by atoms with Crippen LogP contribution in [0.25, 0.3) is 0 Å². The van der Waals surface area contributed by atoms with Gasteiger partial charge in [-0.25, -0.2) is 4.39 Å². The predicted octanol–water partition coefficient (Wildman–Crippen LogP) is 2.50. The van der Waals surface area contributed by atoms with E-state index in [0.29, 0.717) is 31.7 Å². The molecule has 1 aromatic carbocycles. The number of carbonyl (C=O) groups is 1. The maximum absolute atomic E-state index is 14.0. The molecule has 1 heterocycles. The number of piperidine rings is 1. The van der Waals surface area contributed by atoms with Gasteiger partial charge in [0.05, 0.1) is 13.2 Å². The summed E-state index contributed by atoms with van der Waals surface area (Å²) in [6.07, 6.45) is 2.84. The first-order valence-corrected chi connectivity index (χ1v) is 10.4. The number of aliphatic imine (C=N–C) groups is 1. The van der Waals surface area contributed by atoms with Crippen molar-refractivity contribution in [1.82, 2.24) is 20.9 Å². The summed E-state index contributed by atoms with van der Waals surface area (Å²) in [6.45, 7) is 7.73. The lowest BCUT2D eigenvalue weighted by atomic mass is 10.1. The molecule has 30 heavy (non-hydrogen) atoms. The summed E-state index contributed by atoms with van der Waals surface area (Å²) in [4.78, 5) is 18.3. The van der Waals surface area contributed by atoms with Crippen molar-refractivity contribution >= 4 is 35.8 Å². The number of hydrogen-bond acceptors (Lipinski definition) is 4. The minimum absolute atomic E-state index is 0.